The molecule has 0 bridgehead atoms. The van der Waals surface area contributed by atoms with Crippen molar-refractivity contribution in [3.05, 3.63) is 0 Å². The lowest BCUT2D eigenvalue weighted by Crippen LogP contribution is -2.44. The zero-order valence-corrected chi connectivity index (χ0v) is 13.1. The third kappa shape index (κ3) is 9.30. The number of rotatable bonds is 10. The summed E-state index contributed by atoms with van der Waals surface area (Å²) in [5.41, 5.74) is 0. The second-order valence-electron chi connectivity index (χ2n) is 5.01. The Morgan fingerprint density at radius 1 is 1.26 bits per heavy atom. The summed E-state index contributed by atoms with van der Waals surface area (Å²) in [7, 11) is 0. The highest BCUT2D eigenvalue weighted by Gasteiger charge is 2.08. The molecule has 0 aromatic heterocycles. The highest BCUT2D eigenvalue weighted by Crippen LogP contribution is 2.05. The van der Waals surface area contributed by atoms with Gasteiger partial charge < -0.3 is 15.5 Å². The molecule has 1 aliphatic heterocycles. The summed E-state index contributed by atoms with van der Waals surface area (Å²) in [6, 6.07) is 0. The Labute approximate surface area is 122 Å². The molecule has 1 rings (SSSR count). The molecule has 4 nitrogen and oxygen atoms in total. The van der Waals surface area contributed by atoms with Crippen LogP contribution in [0.2, 0.25) is 0 Å². The molecule has 0 aliphatic carbocycles. The van der Waals surface area contributed by atoms with Gasteiger partial charge in [0.25, 0.3) is 0 Å². The molecule has 1 aliphatic rings. The molecule has 0 atom stereocenters. The standard InChI is InChI=1S/C14H29N3OS/c1-2-3-12-19-13-5-14(18)16-6-4-9-17-10-7-15-8-11-17/h15H,2-13H2,1H3,(H,16,18). The van der Waals surface area contributed by atoms with E-state index in [0.717, 1.165) is 51.4 Å². The van der Waals surface area contributed by atoms with Crippen LogP contribution in [0.15, 0.2) is 0 Å². The van der Waals surface area contributed by atoms with E-state index in [2.05, 4.69) is 22.5 Å². The molecular formula is C14H29N3OS. The van der Waals surface area contributed by atoms with Gasteiger partial charge in [-0.05, 0) is 25.1 Å². The van der Waals surface area contributed by atoms with Crippen molar-refractivity contribution < 1.29 is 4.79 Å². The summed E-state index contributed by atoms with van der Waals surface area (Å²) >= 11 is 1.89. The lowest BCUT2D eigenvalue weighted by atomic mass is 10.3. The summed E-state index contributed by atoms with van der Waals surface area (Å²) in [6.45, 7) is 8.61. The molecule has 19 heavy (non-hydrogen) atoms. The van der Waals surface area contributed by atoms with Crippen molar-refractivity contribution in [3.63, 3.8) is 0 Å². The number of amides is 1. The monoisotopic (exact) mass is 287 g/mol. The Bertz CT molecular complexity index is 233. The molecule has 112 valence electrons. The first-order valence-electron chi connectivity index (χ1n) is 7.60. The zero-order chi connectivity index (χ0) is 13.8. The summed E-state index contributed by atoms with van der Waals surface area (Å²) < 4.78 is 0. The minimum Gasteiger partial charge on any atom is -0.356 e. The third-order valence-electron chi connectivity index (χ3n) is 3.30. The van der Waals surface area contributed by atoms with Gasteiger partial charge in [-0.1, -0.05) is 13.3 Å². The first-order valence-corrected chi connectivity index (χ1v) is 8.76. The fourth-order valence-electron chi connectivity index (χ4n) is 2.07. The van der Waals surface area contributed by atoms with E-state index < -0.39 is 0 Å². The average Bonchev–Trinajstić information content (AvgIpc) is 2.44. The van der Waals surface area contributed by atoms with Gasteiger partial charge in [-0.2, -0.15) is 11.8 Å². The SMILES string of the molecule is CCCCSCCC(=O)NCCCN1CCNCC1. The quantitative estimate of drug-likeness (QED) is 0.595. The van der Waals surface area contributed by atoms with E-state index in [1.807, 2.05) is 11.8 Å². The third-order valence-corrected chi connectivity index (χ3v) is 4.37. The minimum absolute atomic E-state index is 0.212. The van der Waals surface area contributed by atoms with Gasteiger partial charge in [-0.15, -0.1) is 0 Å². The van der Waals surface area contributed by atoms with Crippen LogP contribution in [0.25, 0.3) is 0 Å². The van der Waals surface area contributed by atoms with Crippen LogP contribution in [0.3, 0.4) is 0 Å². The number of nitrogens with one attached hydrogen (secondary N) is 2. The van der Waals surface area contributed by atoms with Gasteiger partial charge >= 0.3 is 0 Å². The smallest absolute Gasteiger partial charge is 0.220 e. The summed E-state index contributed by atoms with van der Waals surface area (Å²) in [5.74, 6) is 2.36. The van der Waals surface area contributed by atoms with Crippen molar-refractivity contribution in [1.82, 2.24) is 15.5 Å². The largest absolute Gasteiger partial charge is 0.356 e. The molecule has 0 spiro atoms. The van der Waals surface area contributed by atoms with Crippen LogP contribution < -0.4 is 10.6 Å². The van der Waals surface area contributed by atoms with Gasteiger partial charge in [0.15, 0.2) is 0 Å². The van der Waals surface area contributed by atoms with Crippen molar-refractivity contribution in [2.75, 3.05) is 50.8 Å². The Balaban J connectivity index is 1.86. The molecule has 0 aromatic carbocycles. The van der Waals surface area contributed by atoms with Crippen LogP contribution in [-0.2, 0) is 4.79 Å². The Kier molecular flexibility index (Phi) is 10.2. The molecular weight excluding hydrogens is 258 g/mol. The van der Waals surface area contributed by atoms with Gasteiger partial charge in [-0.25, -0.2) is 0 Å². The van der Waals surface area contributed by atoms with Crippen LogP contribution in [0.5, 0.6) is 0 Å². The highest BCUT2D eigenvalue weighted by molar-refractivity contribution is 7.99. The molecule has 0 saturated carbocycles. The number of carbonyl (C=O) groups is 1. The molecule has 0 radical (unpaired) electrons. The Hall–Kier alpha value is -0.260. The van der Waals surface area contributed by atoms with Crippen molar-refractivity contribution in [2.24, 2.45) is 0 Å². The highest BCUT2D eigenvalue weighted by atomic mass is 32.2. The van der Waals surface area contributed by atoms with Crippen LogP contribution in [0.1, 0.15) is 32.6 Å². The van der Waals surface area contributed by atoms with Crippen LogP contribution in [-0.4, -0.2) is 61.6 Å². The van der Waals surface area contributed by atoms with Gasteiger partial charge in [0, 0.05) is 44.9 Å². The minimum atomic E-state index is 0.212. The fourth-order valence-corrected chi connectivity index (χ4v) is 3.09. The first-order chi connectivity index (χ1) is 9.33. The number of carbonyl (C=O) groups excluding carboxylic acids is 1. The molecule has 5 heteroatoms. The number of hydrogen-bond donors (Lipinski definition) is 2. The van der Waals surface area contributed by atoms with Crippen molar-refractivity contribution in [3.8, 4) is 0 Å². The topological polar surface area (TPSA) is 44.4 Å². The van der Waals surface area contributed by atoms with Gasteiger partial charge in [0.05, 0.1) is 0 Å². The van der Waals surface area contributed by atoms with E-state index in [-0.39, 0.29) is 5.91 Å². The molecule has 1 amide bonds. The Morgan fingerprint density at radius 3 is 2.79 bits per heavy atom. The average molecular weight is 287 g/mol. The first kappa shape index (κ1) is 16.8. The number of hydrogen-bond acceptors (Lipinski definition) is 4. The second-order valence-corrected chi connectivity index (χ2v) is 6.24. The molecule has 1 saturated heterocycles. The van der Waals surface area contributed by atoms with E-state index in [0.29, 0.717) is 6.42 Å². The predicted octanol–water partition coefficient (Wildman–Crippen LogP) is 1.32. The maximum Gasteiger partial charge on any atom is 0.220 e. The van der Waals surface area contributed by atoms with Crippen molar-refractivity contribution >= 4 is 17.7 Å². The van der Waals surface area contributed by atoms with Crippen molar-refractivity contribution in [1.29, 1.82) is 0 Å². The van der Waals surface area contributed by atoms with Crippen LogP contribution >= 0.6 is 11.8 Å². The summed E-state index contributed by atoms with van der Waals surface area (Å²) in [6.07, 6.45) is 4.24. The Morgan fingerprint density at radius 2 is 2.05 bits per heavy atom. The maximum atomic E-state index is 11.6. The molecule has 2 N–H and O–H groups in total. The van der Waals surface area contributed by atoms with E-state index in [4.69, 9.17) is 0 Å². The number of thioether (sulfide) groups is 1. The van der Waals surface area contributed by atoms with Gasteiger partial charge in [0.1, 0.15) is 0 Å². The van der Waals surface area contributed by atoms with E-state index in [9.17, 15) is 4.79 Å². The molecule has 1 fully saturated rings. The normalized spacial score (nSPS) is 16.5. The lowest BCUT2D eigenvalue weighted by molar-refractivity contribution is -0.120. The lowest BCUT2D eigenvalue weighted by Gasteiger charge is -2.27. The van der Waals surface area contributed by atoms with Gasteiger partial charge in [-0.3, -0.25) is 4.79 Å². The fraction of sp³-hybridized carbons (Fsp3) is 0.929. The number of unbranched alkanes of at least 4 members (excludes halogenated alkanes) is 1. The molecule has 0 unspecified atom stereocenters. The zero-order valence-electron chi connectivity index (χ0n) is 12.2. The number of piperazine rings is 1. The van der Waals surface area contributed by atoms with Crippen LogP contribution in [0, 0.1) is 0 Å². The number of nitrogens with zero attached hydrogens (tertiary/aromatic N) is 1. The summed E-state index contributed by atoms with van der Waals surface area (Å²) in [4.78, 5) is 14.0. The van der Waals surface area contributed by atoms with E-state index in [1.165, 1.54) is 18.6 Å². The predicted molar refractivity (Wildman–Crippen MR) is 83.8 cm³/mol. The van der Waals surface area contributed by atoms with Crippen LogP contribution in [0.4, 0.5) is 0 Å². The second kappa shape index (κ2) is 11.6. The summed E-state index contributed by atoms with van der Waals surface area (Å²) in [5, 5.41) is 6.37. The molecule has 1 heterocycles. The van der Waals surface area contributed by atoms with E-state index >= 15 is 0 Å². The van der Waals surface area contributed by atoms with Gasteiger partial charge in [0.2, 0.25) is 5.91 Å². The maximum absolute atomic E-state index is 11.6. The van der Waals surface area contributed by atoms with E-state index in [1.54, 1.807) is 0 Å². The molecule has 0 aromatic rings. The van der Waals surface area contributed by atoms with Crippen molar-refractivity contribution in [2.45, 2.75) is 32.6 Å².